The highest BCUT2D eigenvalue weighted by atomic mass is 35.5. The van der Waals surface area contributed by atoms with Gasteiger partial charge in [-0.2, -0.15) is 0 Å². The van der Waals surface area contributed by atoms with Gasteiger partial charge in [-0.25, -0.2) is 0 Å². The van der Waals surface area contributed by atoms with E-state index in [1.54, 1.807) is 0 Å². The number of H-pyrrole nitrogens is 1. The summed E-state index contributed by atoms with van der Waals surface area (Å²) in [6, 6.07) is 6.16. The zero-order valence-corrected chi connectivity index (χ0v) is 7.87. The van der Waals surface area contributed by atoms with Crippen molar-refractivity contribution in [2.24, 2.45) is 0 Å². The third kappa shape index (κ3) is 1.01. The van der Waals surface area contributed by atoms with Crippen molar-refractivity contribution in [3.8, 4) is 0 Å². The molecule has 0 radical (unpaired) electrons. The average Bonchev–Trinajstić information content (AvgIpc) is 2.39. The standard InChI is InChI=1S/C10H10ClN/c1-6-3-4-9-8(10(6)11)5-7(2)12-9/h3-5,12H,1-2H3. The van der Waals surface area contributed by atoms with Gasteiger partial charge < -0.3 is 4.98 Å². The Labute approximate surface area is 76.4 Å². The fourth-order valence-electron chi connectivity index (χ4n) is 1.42. The molecule has 1 aromatic carbocycles. The van der Waals surface area contributed by atoms with Crippen molar-refractivity contribution in [3.05, 3.63) is 34.5 Å². The molecular weight excluding hydrogens is 170 g/mol. The van der Waals surface area contributed by atoms with Gasteiger partial charge >= 0.3 is 0 Å². The first-order chi connectivity index (χ1) is 5.68. The van der Waals surface area contributed by atoms with Gasteiger partial charge in [-0.1, -0.05) is 17.7 Å². The van der Waals surface area contributed by atoms with E-state index in [0.29, 0.717) is 0 Å². The monoisotopic (exact) mass is 179 g/mol. The fraction of sp³-hybridized carbons (Fsp3) is 0.200. The van der Waals surface area contributed by atoms with Crippen molar-refractivity contribution in [2.45, 2.75) is 13.8 Å². The summed E-state index contributed by atoms with van der Waals surface area (Å²) < 4.78 is 0. The second-order valence-electron chi connectivity index (χ2n) is 3.11. The average molecular weight is 180 g/mol. The maximum Gasteiger partial charge on any atom is 0.0529 e. The Kier molecular flexibility index (Phi) is 1.62. The Morgan fingerprint density at radius 3 is 2.75 bits per heavy atom. The van der Waals surface area contributed by atoms with Crippen LogP contribution in [0.4, 0.5) is 0 Å². The van der Waals surface area contributed by atoms with Crippen molar-refractivity contribution in [2.75, 3.05) is 0 Å². The van der Waals surface area contributed by atoms with Gasteiger partial charge in [-0.05, 0) is 31.5 Å². The van der Waals surface area contributed by atoms with E-state index in [2.05, 4.69) is 17.1 Å². The number of hydrogen-bond donors (Lipinski definition) is 1. The molecule has 1 N–H and O–H groups in total. The summed E-state index contributed by atoms with van der Waals surface area (Å²) in [6.07, 6.45) is 0. The summed E-state index contributed by atoms with van der Waals surface area (Å²) in [5.74, 6) is 0. The molecule has 1 heterocycles. The molecule has 0 unspecified atom stereocenters. The van der Waals surface area contributed by atoms with Crippen LogP contribution < -0.4 is 0 Å². The minimum Gasteiger partial charge on any atom is -0.359 e. The molecule has 0 bridgehead atoms. The minimum atomic E-state index is 0.858. The SMILES string of the molecule is Cc1cc2c(Cl)c(C)ccc2[nH]1. The molecule has 0 aliphatic rings. The number of fused-ring (bicyclic) bond motifs is 1. The molecular formula is C10H10ClN. The van der Waals surface area contributed by atoms with Crippen molar-refractivity contribution in [1.82, 2.24) is 4.98 Å². The van der Waals surface area contributed by atoms with E-state index in [1.165, 1.54) is 0 Å². The summed E-state index contributed by atoms with van der Waals surface area (Å²) >= 11 is 6.12. The van der Waals surface area contributed by atoms with Crippen LogP contribution >= 0.6 is 11.6 Å². The van der Waals surface area contributed by atoms with Crippen LogP contribution in [-0.4, -0.2) is 4.98 Å². The number of nitrogens with one attached hydrogen (secondary N) is 1. The summed E-state index contributed by atoms with van der Waals surface area (Å²) in [7, 11) is 0. The van der Waals surface area contributed by atoms with Gasteiger partial charge in [0.05, 0.1) is 5.02 Å². The molecule has 0 fully saturated rings. The fourth-order valence-corrected chi connectivity index (χ4v) is 1.64. The molecule has 0 aliphatic carbocycles. The number of aromatic nitrogens is 1. The van der Waals surface area contributed by atoms with Crippen molar-refractivity contribution in [1.29, 1.82) is 0 Å². The Hall–Kier alpha value is -0.950. The molecule has 2 rings (SSSR count). The molecule has 0 saturated carbocycles. The minimum absolute atomic E-state index is 0.858. The summed E-state index contributed by atoms with van der Waals surface area (Å²) in [5, 5.41) is 1.98. The van der Waals surface area contributed by atoms with Gasteiger partial charge in [-0.15, -0.1) is 0 Å². The van der Waals surface area contributed by atoms with Crippen molar-refractivity contribution < 1.29 is 0 Å². The van der Waals surface area contributed by atoms with E-state index in [9.17, 15) is 0 Å². The second kappa shape index (κ2) is 2.53. The Bertz CT molecular complexity index is 429. The van der Waals surface area contributed by atoms with Crippen LogP contribution in [0.3, 0.4) is 0 Å². The van der Waals surface area contributed by atoms with E-state index >= 15 is 0 Å². The molecule has 1 nitrogen and oxygen atoms in total. The molecule has 2 aromatic rings. The van der Waals surface area contributed by atoms with E-state index in [1.807, 2.05) is 19.9 Å². The van der Waals surface area contributed by atoms with Crippen molar-refractivity contribution in [3.63, 3.8) is 0 Å². The lowest BCUT2D eigenvalue weighted by atomic mass is 10.2. The quantitative estimate of drug-likeness (QED) is 0.638. The molecule has 2 heteroatoms. The predicted molar refractivity (Wildman–Crippen MR) is 52.8 cm³/mol. The molecule has 0 aliphatic heterocycles. The van der Waals surface area contributed by atoms with Gasteiger partial charge in [0.25, 0.3) is 0 Å². The molecule has 0 saturated heterocycles. The van der Waals surface area contributed by atoms with E-state index < -0.39 is 0 Å². The van der Waals surface area contributed by atoms with E-state index in [-0.39, 0.29) is 0 Å². The van der Waals surface area contributed by atoms with Gasteiger partial charge in [0.2, 0.25) is 0 Å². The molecule has 0 spiro atoms. The van der Waals surface area contributed by atoms with Crippen LogP contribution in [0.15, 0.2) is 18.2 Å². The number of aryl methyl sites for hydroxylation is 2. The first-order valence-corrected chi connectivity index (χ1v) is 4.30. The molecule has 12 heavy (non-hydrogen) atoms. The molecule has 1 aromatic heterocycles. The van der Waals surface area contributed by atoms with Gasteiger partial charge in [-0.3, -0.25) is 0 Å². The lowest BCUT2D eigenvalue weighted by Gasteiger charge is -1.97. The number of hydrogen-bond acceptors (Lipinski definition) is 0. The summed E-state index contributed by atoms with van der Waals surface area (Å²) in [5.41, 5.74) is 3.39. The van der Waals surface area contributed by atoms with Crippen LogP contribution in [0.25, 0.3) is 10.9 Å². The van der Waals surface area contributed by atoms with Crippen LogP contribution in [0.5, 0.6) is 0 Å². The third-order valence-electron chi connectivity index (χ3n) is 2.07. The lowest BCUT2D eigenvalue weighted by molar-refractivity contribution is 1.30. The van der Waals surface area contributed by atoms with Crippen LogP contribution in [0, 0.1) is 13.8 Å². The van der Waals surface area contributed by atoms with E-state index in [0.717, 1.165) is 27.2 Å². The Morgan fingerprint density at radius 2 is 2.00 bits per heavy atom. The molecule has 0 amide bonds. The highest BCUT2D eigenvalue weighted by Gasteiger charge is 2.03. The maximum atomic E-state index is 6.12. The third-order valence-corrected chi connectivity index (χ3v) is 2.57. The van der Waals surface area contributed by atoms with Gasteiger partial charge in [0.15, 0.2) is 0 Å². The second-order valence-corrected chi connectivity index (χ2v) is 3.49. The number of halogens is 1. The summed E-state index contributed by atoms with van der Waals surface area (Å²) in [4.78, 5) is 3.24. The highest BCUT2D eigenvalue weighted by Crippen LogP contribution is 2.26. The van der Waals surface area contributed by atoms with Gasteiger partial charge in [0.1, 0.15) is 0 Å². The maximum absolute atomic E-state index is 6.12. The Balaban J connectivity index is 2.89. The molecule has 62 valence electrons. The smallest absolute Gasteiger partial charge is 0.0529 e. The predicted octanol–water partition coefficient (Wildman–Crippen LogP) is 3.44. The zero-order valence-electron chi connectivity index (χ0n) is 7.11. The zero-order chi connectivity index (χ0) is 8.72. The largest absolute Gasteiger partial charge is 0.359 e. The van der Waals surface area contributed by atoms with Crippen LogP contribution in [-0.2, 0) is 0 Å². The summed E-state index contributed by atoms with van der Waals surface area (Å²) in [6.45, 7) is 4.05. The van der Waals surface area contributed by atoms with Crippen molar-refractivity contribution >= 4 is 22.5 Å². The number of rotatable bonds is 0. The number of aromatic amines is 1. The highest BCUT2D eigenvalue weighted by molar-refractivity contribution is 6.36. The van der Waals surface area contributed by atoms with Crippen LogP contribution in [0.2, 0.25) is 5.02 Å². The normalized spacial score (nSPS) is 10.9. The first kappa shape index (κ1) is 7.69. The Morgan fingerprint density at radius 1 is 1.25 bits per heavy atom. The molecule has 0 atom stereocenters. The topological polar surface area (TPSA) is 15.8 Å². The lowest BCUT2D eigenvalue weighted by Crippen LogP contribution is -1.75. The first-order valence-electron chi connectivity index (χ1n) is 3.93. The number of benzene rings is 1. The van der Waals surface area contributed by atoms with Crippen LogP contribution in [0.1, 0.15) is 11.3 Å². The van der Waals surface area contributed by atoms with E-state index in [4.69, 9.17) is 11.6 Å². The van der Waals surface area contributed by atoms with Gasteiger partial charge in [0, 0.05) is 16.6 Å².